The molecule has 2 N–H and O–H groups in total. The van der Waals surface area contributed by atoms with E-state index in [2.05, 4.69) is 36.1 Å². The second-order valence-electron chi connectivity index (χ2n) is 5.93. The SMILES string of the molecule is CCN(Cc1ccccc1)CC1CCCN1C(=O)[C@H](C)N. The first-order chi connectivity index (χ1) is 10.1. The summed E-state index contributed by atoms with van der Waals surface area (Å²) in [5, 5.41) is 0. The monoisotopic (exact) mass is 289 g/mol. The second kappa shape index (κ2) is 7.57. The molecule has 0 aromatic heterocycles. The molecule has 21 heavy (non-hydrogen) atoms. The van der Waals surface area contributed by atoms with Gasteiger partial charge in [0.25, 0.3) is 0 Å². The van der Waals surface area contributed by atoms with Gasteiger partial charge in [0.05, 0.1) is 6.04 Å². The van der Waals surface area contributed by atoms with E-state index in [1.54, 1.807) is 6.92 Å². The minimum atomic E-state index is -0.394. The third-order valence-corrected chi connectivity index (χ3v) is 4.21. The number of carbonyl (C=O) groups excluding carboxylic acids is 1. The van der Waals surface area contributed by atoms with Crippen molar-refractivity contribution in [1.82, 2.24) is 9.80 Å². The summed E-state index contributed by atoms with van der Waals surface area (Å²) >= 11 is 0. The number of hydrogen-bond acceptors (Lipinski definition) is 3. The lowest BCUT2D eigenvalue weighted by Crippen LogP contribution is -2.48. The van der Waals surface area contributed by atoms with Crippen molar-refractivity contribution in [1.29, 1.82) is 0 Å². The predicted molar refractivity (Wildman–Crippen MR) is 85.8 cm³/mol. The van der Waals surface area contributed by atoms with Crippen LogP contribution in [-0.4, -0.2) is 47.4 Å². The van der Waals surface area contributed by atoms with Gasteiger partial charge in [-0.25, -0.2) is 0 Å². The van der Waals surface area contributed by atoms with Crippen molar-refractivity contribution in [3.63, 3.8) is 0 Å². The zero-order chi connectivity index (χ0) is 15.2. The summed E-state index contributed by atoms with van der Waals surface area (Å²) in [5.74, 6) is 0.0910. The van der Waals surface area contributed by atoms with Crippen molar-refractivity contribution in [3.8, 4) is 0 Å². The van der Waals surface area contributed by atoms with Crippen LogP contribution >= 0.6 is 0 Å². The van der Waals surface area contributed by atoms with Crippen LogP contribution in [0.4, 0.5) is 0 Å². The highest BCUT2D eigenvalue weighted by Crippen LogP contribution is 2.20. The van der Waals surface area contributed by atoms with Gasteiger partial charge in [-0.15, -0.1) is 0 Å². The highest BCUT2D eigenvalue weighted by Gasteiger charge is 2.31. The number of hydrogen-bond donors (Lipinski definition) is 1. The molecule has 4 nitrogen and oxygen atoms in total. The van der Waals surface area contributed by atoms with Gasteiger partial charge in [-0.2, -0.15) is 0 Å². The number of nitrogens with zero attached hydrogens (tertiary/aromatic N) is 2. The highest BCUT2D eigenvalue weighted by molar-refractivity contribution is 5.81. The van der Waals surface area contributed by atoms with Crippen LogP contribution in [0.5, 0.6) is 0 Å². The molecule has 1 saturated heterocycles. The van der Waals surface area contributed by atoms with Gasteiger partial charge in [0, 0.05) is 25.7 Å². The fraction of sp³-hybridized carbons (Fsp3) is 0.588. The zero-order valence-electron chi connectivity index (χ0n) is 13.2. The maximum absolute atomic E-state index is 12.2. The molecule has 1 aromatic rings. The molecule has 1 amide bonds. The molecule has 2 atom stereocenters. The molecule has 0 bridgehead atoms. The minimum Gasteiger partial charge on any atom is -0.337 e. The quantitative estimate of drug-likeness (QED) is 0.869. The van der Waals surface area contributed by atoms with Gasteiger partial charge in [-0.3, -0.25) is 9.69 Å². The van der Waals surface area contributed by atoms with Crippen molar-refractivity contribution in [2.75, 3.05) is 19.6 Å². The Balaban J connectivity index is 1.96. The Morgan fingerprint density at radius 1 is 1.43 bits per heavy atom. The molecule has 0 spiro atoms. The summed E-state index contributed by atoms with van der Waals surface area (Å²) in [6, 6.07) is 10.4. The van der Waals surface area contributed by atoms with E-state index < -0.39 is 6.04 Å². The summed E-state index contributed by atoms with van der Waals surface area (Å²) in [6.45, 7) is 7.67. The number of benzene rings is 1. The van der Waals surface area contributed by atoms with Gasteiger partial charge >= 0.3 is 0 Å². The first kappa shape index (κ1) is 16.0. The molecule has 116 valence electrons. The van der Waals surface area contributed by atoms with Crippen molar-refractivity contribution in [2.45, 2.75) is 45.3 Å². The Labute approximate surface area is 127 Å². The van der Waals surface area contributed by atoms with E-state index in [0.29, 0.717) is 6.04 Å². The highest BCUT2D eigenvalue weighted by atomic mass is 16.2. The average molecular weight is 289 g/mol. The second-order valence-corrected chi connectivity index (χ2v) is 5.93. The Morgan fingerprint density at radius 3 is 2.76 bits per heavy atom. The van der Waals surface area contributed by atoms with E-state index in [9.17, 15) is 4.79 Å². The number of likely N-dealkylation sites (tertiary alicyclic amines) is 1. The van der Waals surface area contributed by atoms with Crippen LogP contribution in [0.15, 0.2) is 30.3 Å². The molecule has 0 saturated carbocycles. The standard InChI is InChI=1S/C17H27N3O/c1-3-19(12-15-8-5-4-6-9-15)13-16-10-7-11-20(16)17(21)14(2)18/h4-6,8-9,14,16H,3,7,10-13,18H2,1-2H3/t14-,16?/m0/s1. The lowest BCUT2D eigenvalue weighted by Gasteiger charge is -2.31. The Morgan fingerprint density at radius 2 is 2.14 bits per heavy atom. The van der Waals surface area contributed by atoms with Crippen LogP contribution in [0.3, 0.4) is 0 Å². The maximum Gasteiger partial charge on any atom is 0.239 e. The summed E-state index contributed by atoms with van der Waals surface area (Å²) in [6.07, 6.45) is 2.18. The van der Waals surface area contributed by atoms with Gasteiger partial charge in [-0.05, 0) is 31.9 Å². The normalized spacial score (nSPS) is 20.0. The van der Waals surface area contributed by atoms with Crippen molar-refractivity contribution >= 4 is 5.91 Å². The van der Waals surface area contributed by atoms with Crippen LogP contribution in [0, 0.1) is 0 Å². The first-order valence-electron chi connectivity index (χ1n) is 7.94. The summed E-state index contributed by atoms with van der Waals surface area (Å²) in [7, 11) is 0. The van der Waals surface area contributed by atoms with E-state index in [1.807, 2.05) is 11.0 Å². The Bertz CT molecular complexity index is 447. The van der Waals surface area contributed by atoms with Crippen LogP contribution in [-0.2, 0) is 11.3 Å². The van der Waals surface area contributed by atoms with E-state index in [-0.39, 0.29) is 5.91 Å². The Hall–Kier alpha value is -1.39. The number of carbonyl (C=O) groups is 1. The number of nitrogens with two attached hydrogens (primary N) is 1. The first-order valence-corrected chi connectivity index (χ1v) is 7.94. The molecule has 1 aliphatic heterocycles. The predicted octanol–water partition coefficient (Wildman–Crippen LogP) is 1.85. The topological polar surface area (TPSA) is 49.6 Å². The smallest absolute Gasteiger partial charge is 0.239 e. The van der Waals surface area contributed by atoms with E-state index in [4.69, 9.17) is 5.73 Å². The fourth-order valence-electron chi connectivity index (χ4n) is 3.02. The van der Waals surface area contributed by atoms with Crippen LogP contribution in [0.25, 0.3) is 0 Å². The minimum absolute atomic E-state index is 0.0910. The lowest BCUT2D eigenvalue weighted by molar-refractivity contribution is -0.133. The molecule has 1 aromatic carbocycles. The molecule has 1 fully saturated rings. The van der Waals surface area contributed by atoms with Gasteiger partial charge in [0.1, 0.15) is 0 Å². The molecular formula is C17H27N3O. The van der Waals surface area contributed by atoms with Crippen LogP contribution in [0.1, 0.15) is 32.3 Å². The third-order valence-electron chi connectivity index (χ3n) is 4.21. The fourth-order valence-corrected chi connectivity index (χ4v) is 3.02. The molecule has 1 heterocycles. The maximum atomic E-state index is 12.2. The molecular weight excluding hydrogens is 262 g/mol. The van der Waals surface area contributed by atoms with Crippen LogP contribution < -0.4 is 5.73 Å². The van der Waals surface area contributed by atoms with Gasteiger partial charge in [-0.1, -0.05) is 37.3 Å². The number of likely N-dealkylation sites (N-methyl/N-ethyl adjacent to an activating group) is 1. The molecule has 0 radical (unpaired) electrons. The van der Waals surface area contributed by atoms with E-state index in [0.717, 1.165) is 39.0 Å². The zero-order valence-corrected chi connectivity index (χ0v) is 13.2. The third kappa shape index (κ3) is 4.29. The summed E-state index contributed by atoms with van der Waals surface area (Å²) in [4.78, 5) is 16.6. The van der Waals surface area contributed by atoms with E-state index in [1.165, 1.54) is 5.56 Å². The average Bonchev–Trinajstić information content (AvgIpc) is 2.94. The molecule has 2 rings (SSSR count). The van der Waals surface area contributed by atoms with Crippen LogP contribution in [0.2, 0.25) is 0 Å². The lowest BCUT2D eigenvalue weighted by atomic mass is 10.1. The molecule has 1 aliphatic rings. The van der Waals surface area contributed by atoms with Crippen molar-refractivity contribution in [3.05, 3.63) is 35.9 Å². The number of amides is 1. The van der Waals surface area contributed by atoms with E-state index >= 15 is 0 Å². The number of rotatable bonds is 6. The van der Waals surface area contributed by atoms with Gasteiger partial charge < -0.3 is 10.6 Å². The summed E-state index contributed by atoms with van der Waals surface area (Å²) < 4.78 is 0. The van der Waals surface area contributed by atoms with Crippen molar-refractivity contribution in [2.24, 2.45) is 5.73 Å². The van der Waals surface area contributed by atoms with Gasteiger partial charge in [0.15, 0.2) is 0 Å². The molecule has 4 heteroatoms. The Kier molecular flexibility index (Phi) is 5.76. The molecule has 1 unspecified atom stereocenters. The van der Waals surface area contributed by atoms with Gasteiger partial charge in [0.2, 0.25) is 5.91 Å². The largest absolute Gasteiger partial charge is 0.337 e. The van der Waals surface area contributed by atoms with Crippen molar-refractivity contribution < 1.29 is 4.79 Å². The molecule has 0 aliphatic carbocycles. The summed E-state index contributed by atoms with van der Waals surface area (Å²) in [5.41, 5.74) is 7.08.